The fraction of sp³-hybridized carbons (Fsp3) is 0.455. The highest BCUT2D eigenvalue weighted by atomic mass is 32.2. The fourth-order valence-electron chi connectivity index (χ4n) is 1.98. The van der Waals surface area contributed by atoms with Crippen LogP contribution < -0.4 is 0 Å². The molecule has 7 nitrogen and oxygen atoms in total. The summed E-state index contributed by atoms with van der Waals surface area (Å²) in [5, 5.41) is 18.4. The first-order chi connectivity index (χ1) is 8.93. The molecule has 1 aromatic rings. The van der Waals surface area contributed by atoms with Crippen LogP contribution in [0.5, 0.6) is 0 Å². The molecule has 0 spiro atoms. The number of aromatic nitrogens is 1. The van der Waals surface area contributed by atoms with Crippen molar-refractivity contribution in [2.24, 2.45) is 0 Å². The van der Waals surface area contributed by atoms with Gasteiger partial charge in [0.25, 0.3) is 0 Å². The lowest BCUT2D eigenvalue weighted by atomic mass is 10.1. The van der Waals surface area contributed by atoms with E-state index in [1.165, 1.54) is 10.5 Å². The normalized spacial score (nSPS) is 18.4. The quantitative estimate of drug-likeness (QED) is 0.805. The number of carbonyl (C=O) groups is 1. The van der Waals surface area contributed by atoms with E-state index in [9.17, 15) is 18.3 Å². The van der Waals surface area contributed by atoms with Gasteiger partial charge in [0.05, 0.1) is 11.7 Å². The monoisotopic (exact) mass is 286 g/mol. The zero-order valence-electron chi connectivity index (χ0n) is 10.1. The molecule has 104 valence electrons. The Bertz CT molecular complexity index is 579. The third kappa shape index (κ3) is 2.75. The topological polar surface area (TPSA) is 108 Å². The number of aromatic carboxylic acids is 1. The minimum Gasteiger partial charge on any atom is -0.478 e. The van der Waals surface area contributed by atoms with Gasteiger partial charge in [0.1, 0.15) is 4.90 Å². The van der Waals surface area contributed by atoms with Crippen molar-refractivity contribution >= 4 is 16.0 Å². The van der Waals surface area contributed by atoms with Crippen molar-refractivity contribution in [3.05, 3.63) is 24.0 Å². The molecular formula is C11H14N2O5S. The van der Waals surface area contributed by atoms with Crippen LogP contribution in [0, 0.1) is 0 Å². The number of pyridine rings is 1. The summed E-state index contributed by atoms with van der Waals surface area (Å²) in [6.45, 7) is 0.356. The molecule has 19 heavy (non-hydrogen) atoms. The average molecular weight is 286 g/mol. The van der Waals surface area contributed by atoms with Gasteiger partial charge in [-0.05, 0) is 18.9 Å². The first-order valence-corrected chi connectivity index (χ1v) is 7.22. The van der Waals surface area contributed by atoms with Crippen LogP contribution in [0.3, 0.4) is 0 Å². The molecule has 1 aliphatic rings. The second-order valence-corrected chi connectivity index (χ2v) is 6.22. The molecule has 0 amide bonds. The van der Waals surface area contributed by atoms with E-state index < -0.39 is 22.1 Å². The third-order valence-electron chi connectivity index (χ3n) is 3.06. The molecule has 0 aromatic carbocycles. The van der Waals surface area contributed by atoms with Crippen molar-refractivity contribution < 1.29 is 23.4 Å². The van der Waals surface area contributed by atoms with Crippen LogP contribution in [0.4, 0.5) is 0 Å². The van der Waals surface area contributed by atoms with Gasteiger partial charge in [0.15, 0.2) is 0 Å². The number of rotatable bonds is 3. The Labute approximate surface area is 110 Å². The second-order valence-electron chi connectivity index (χ2n) is 4.31. The van der Waals surface area contributed by atoms with Crippen LogP contribution in [-0.2, 0) is 10.0 Å². The highest BCUT2D eigenvalue weighted by Gasteiger charge is 2.31. The molecule has 0 radical (unpaired) electrons. The van der Waals surface area contributed by atoms with Crippen molar-refractivity contribution in [1.29, 1.82) is 0 Å². The first kappa shape index (κ1) is 13.9. The van der Waals surface area contributed by atoms with E-state index in [4.69, 9.17) is 5.11 Å². The van der Waals surface area contributed by atoms with Gasteiger partial charge in [-0.25, -0.2) is 13.2 Å². The predicted octanol–water partition coefficient (Wildman–Crippen LogP) is -0.0748. The van der Waals surface area contributed by atoms with Crippen LogP contribution in [0.1, 0.15) is 23.2 Å². The number of aliphatic hydroxyl groups excluding tert-OH is 1. The number of nitrogens with zero attached hydrogens (tertiary/aromatic N) is 2. The van der Waals surface area contributed by atoms with E-state index >= 15 is 0 Å². The van der Waals surface area contributed by atoms with Crippen LogP contribution in [0.15, 0.2) is 23.4 Å². The third-order valence-corrected chi connectivity index (χ3v) is 4.98. The molecule has 0 unspecified atom stereocenters. The number of hydrogen-bond donors (Lipinski definition) is 2. The number of sulfonamides is 1. The van der Waals surface area contributed by atoms with Gasteiger partial charge in [0, 0.05) is 25.5 Å². The molecule has 2 N–H and O–H groups in total. The second kappa shape index (κ2) is 5.24. The van der Waals surface area contributed by atoms with E-state index in [0.717, 1.165) is 12.3 Å². The van der Waals surface area contributed by atoms with Crippen LogP contribution >= 0.6 is 0 Å². The van der Waals surface area contributed by atoms with Gasteiger partial charge < -0.3 is 10.2 Å². The van der Waals surface area contributed by atoms with Crippen LogP contribution in [-0.4, -0.2) is 53.1 Å². The Morgan fingerprint density at radius 1 is 1.37 bits per heavy atom. The lowest BCUT2D eigenvalue weighted by Gasteiger charge is -2.28. The molecular weight excluding hydrogens is 272 g/mol. The molecule has 0 aliphatic carbocycles. The maximum atomic E-state index is 12.4. The molecule has 2 heterocycles. The largest absolute Gasteiger partial charge is 0.478 e. The molecule has 0 atom stereocenters. The van der Waals surface area contributed by atoms with E-state index in [-0.39, 0.29) is 23.5 Å². The van der Waals surface area contributed by atoms with Crippen molar-refractivity contribution in [2.75, 3.05) is 13.1 Å². The minimum atomic E-state index is -3.88. The summed E-state index contributed by atoms with van der Waals surface area (Å²) in [7, 11) is -3.88. The predicted molar refractivity (Wildman–Crippen MR) is 65.2 cm³/mol. The summed E-state index contributed by atoms with van der Waals surface area (Å²) < 4.78 is 25.9. The van der Waals surface area contributed by atoms with Crippen LogP contribution in [0.25, 0.3) is 0 Å². The van der Waals surface area contributed by atoms with Gasteiger partial charge in [-0.2, -0.15) is 4.31 Å². The molecule has 0 bridgehead atoms. The van der Waals surface area contributed by atoms with E-state index in [2.05, 4.69) is 4.98 Å². The minimum absolute atomic E-state index is 0.178. The molecule has 1 aromatic heterocycles. The number of hydrogen-bond acceptors (Lipinski definition) is 5. The Hall–Kier alpha value is -1.51. The summed E-state index contributed by atoms with van der Waals surface area (Å²) in [5.74, 6) is -1.31. The Morgan fingerprint density at radius 2 is 2.00 bits per heavy atom. The summed E-state index contributed by atoms with van der Waals surface area (Å²) in [5.41, 5.74) is -0.291. The van der Waals surface area contributed by atoms with Crippen molar-refractivity contribution in [3.8, 4) is 0 Å². The fourth-order valence-corrected chi connectivity index (χ4v) is 3.58. The van der Waals surface area contributed by atoms with Crippen molar-refractivity contribution in [1.82, 2.24) is 9.29 Å². The molecule has 1 fully saturated rings. The summed E-state index contributed by atoms with van der Waals surface area (Å²) >= 11 is 0. The highest BCUT2D eigenvalue weighted by Crippen LogP contribution is 2.22. The average Bonchev–Trinajstić information content (AvgIpc) is 2.39. The standard InChI is InChI=1S/C11H14N2O5S/c14-8-2-5-13(6-3-8)19(17,18)10-7-12-4-1-9(10)11(15)16/h1,4,7-8,14H,2-3,5-6H2,(H,15,16). The van der Waals surface area contributed by atoms with E-state index in [1.54, 1.807) is 0 Å². The number of piperidine rings is 1. The van der Waals surface area contributed by atoms with Crippen molar-refractivity contribution in [3.63, 3.8) is 0 Å². The molecule has 0 saturated carbocycles. The number of carboxylic acids is 1. The SMILES string of the molecule is O=C(O)c1ccncc1S(=O)(=O)N1CCC(O)CC1. The molecule has 8 heteroatoms. The Balaban J connectivity index is 2.37. The van der Waals surface area contributed by atoms with Gasteiger partial charge in [0.2, 0.25) is 10.0 Å². The Morgan fingerprint density at radius 3 is 2.58 bits per heavy atom. The maximum absolute atomic E-state index is 12.4. The number of aliphatic hydroxyl groups is 1. The van der Waals surface area contributed by atoms with Gasteiger partial charge in [-0.1, -0.05) is 0 Å². The van der Waals surface area contributed by atoms with E-state index in [0.29, 0.717) is 12.8 Å². The summed E-state index contributed by atoms with van der Waals surface area (Å²) in [4.78, 5) is 14.4. The highest BCUT2D eigenvalue weighted by molar-refractivity contribution is 7.89. The van der Waals surface area contributed by atoms with Gasteiger partial charge in [-0.15, -0.1) is 0 Å². The molecule has 2 rings (SSSR count). The van der Waals surface area contributed by atoms with Crippen molar-refractivity contribution in [2.45, 2.75) is 23.8 Å². The van der Waals surface area contributed by atoms with Crippen LogP contribution in [0.2, 0.25) is 0 Å². The van der Waals surface area contributed by atoms with E-state index in [1.807, 2.05) is 0 Å². The molecule has 1 saturated heterocycles. The maximum Gasteiger partial charge on any atom is 0.337 e. The summed E-state index contributed by atoms with van der Waals surface area (Å²) in [6.07, 6.45) is 2.48. The smallest absolute Gasteiger partial charge is 0.337 e. The lowest BCUT2D eigenvalue weighted by Crippen LogP contribution is -2.40. The number of carboxylic acid groups (broad SMARTS) is 1. The Kier molecular flexibility index (Phi) is 3.83. The zero-order valence-corrected chi connectivity index (χ0v) is 10.9. The van der Waals surface area contributed by atoms with Gasteiger partial charge in [-0.3, -0.25) is 4.98 Å². The molecule has 1 aliphatic heterocycles. The summed E-state index contributed by atoms with van der Waals surface area (Å²) in [6, 6.07) is 1.16. The van der Waals surface area contributed by atoms with Gasteiger partial charge >= 0.3 is 5.97 Å². The first-order valence-electron chi connectivity index (χ1n) is 5.78. The lowest BCUT2D eigenvalue weighted by molar-refractivity contribution is 0.0691. The zero-order chi connectivity index (χ0) is 14.0.